The summed E-state index contributed by atoms with van der Waals surface area (Å²) in [5.41, 5.74) is 7.36. The average Bonchev–Trinajstić information content (AvgIpc) is 2.28. The van der Waals surface area contributed by atoms with Gasteiger partial charge in [0.25, 0.3) is 0 Å². The molecule has 0 unspecified atom stereocenters. The van der Waals surface area contributed by atoms with Crippen molar-refractivity contribution < 1.29 is 4.39 Å². The molecule has 0 fully saturated rings. The van der Waals surface area contributed by atoms with Gasteiger partial charge >= 0.3 is 0 Å². The lowest BCUT2D eigenvalue weighted by atomic mass is 10.2. The van der Waals surface area contributed by atoms with Gasteiger partial charge in [-0.05, 0) is 39.7 Å². The molecular weight excluding hydrogens is 297 g/mol. The molecule has 0 spiro atoms. The third-order valence-electron chi connectivity index (χ3n) is 2.53. The lowest BCUT2D eigenvalue weighted by Gasteiger charge is -2.20. The van der Waals surface area contributed by atoms with E-state index in [-0.39, 0.29) is 5.82 Å². The number of halogens is 2. The summed E-state index contributed by atoms with van der Waals surface area (Å²) in [4.78, 5) is 6.14. The Morgan fingerprint density at radius 3 is 2.83 bits per heavy atom. The normalized spacial score (nSPS) is 10.4. The summed E-state index contributed by atoms with van der Waals surface area (Å²) < 4.78 is 13.9. The molecule has 0 radical (unpaired) electrons. The van der Waals surface area contributed by atoms with Crippen molar-refractivity contribution in [1.82, 2.24) is 4.98 Å². The molecule has 0 saturated heterocycles. The second-order valence-corrected chi connectivity index (χ2v) is 4.97. The first kappa shape index (κ1) is 12.8. The number of rotatable bonds is 3. The molecule has 1 heterocycles. The summed E-state index contributed by atoms with van der Waals surface area (Å²) in [5, 5.41) is 0. The zero-order valence-electron chi connectivity index (χ0n) is 9.90. The number of hydrogen-bond donors (Lipinski definition) is 1. The molecule has 18 heavy (non-hydrogen) atoms. The van der Waals surface area contributed by atoms with Gasteiger partial charge in [-0.15, -0.1) is 0 Å². The highest BCUT2D eigenvalue weighted by molar-refractivity contribution is 9.10. The van der Waals surface area contributed by atoms with Crippen molar-refractivity contribution in [1.29, 1.82) is 0 Å². The van der Waals surface area contributed by atoms with Gasteiger partial charge in [-0.2, -0.15) is 0 Å². The van der Waals surface area contributed by atoms with Crippen LogP contribution in [0.2, 0.25) is 0 Å². The fourth-order valence-corrected chi connectivity index (χ4v) is 2.10. The standard InChI is InChI=1S/C13H13BrFN3/c1-18(8-9-3-2-4-11(15)5-9)13-12(16)6-10(14)7-17-13/h2-7H,8,16H2,1H3. The van der Waals surface area contributed by atoms with Gasteiger partial charge in [-0.3, -0.25) is 0 Å². The van der Waals surface area contributed by atoms with Crippen molar-refractivity contribution >= 4 is 27.4 Å². The van der Waals surface area contributed by atoms with Crippen molar-refractivity contribution in [3.8, 4) is 0 Å². The summed E-state index contributed by atoms with van der Waals surface area (Å²) in [7, 11) is 1.87. The maximum Gasteiger partial charge on any atom is 0.151 e. The molecule has 0 bridgehead atoms. The molecule has 0 amide bonds. The van der Waals surface area contributed by atoms with Crippen LogP contribution in [0.4, 0.5) is 15.9 Å². The topological polar surface area (TPSA) is 42.2 Å². The molecule has 3 nitrogen and oxygen atoms in total. The lowest BCUT2D eigenvalue weighted by Crippen LogP contribution is -2.19. The summed E-state index contributed by atoms with van der Waals surface area (Å²) in [6, 6.07) is 8.29. The molecule has 0 aliphatic heterocycles. The minimum absolute atomic E-state index is 0.238. The molecule has 94 valence electrons. The second-order valence-electron chi connectivity index (χ2n) is 4.05. The predicted octanol–water partition coefficient (Wildman–Crippen LogP) is 3.20. The first-order chi connectivity index (χ1) is 8.56. The Hall–Kier alpha value is -1.62. The largest absolute Gasteiger partial charge is 0.396 e. The minimum Gasteiger partial charge on any atom is -0.396 e. The Morgan fingerprint density at radius 2 is 2.17 bits per heavy atom. The maximum atomic E-state index is 13.1. The van der Waals surface area contributed by atoms with Crippen LogP contribution in [0.5, 0.6) is 0 Å². The Kier molecular flexibility index (Phi) is 3.81. The molecule has 0 atom stereocenters. The number of benzene rings is 1. The van der Waals surface area contributed by atoms with E-state index >= 15 is 0 Å². The summed E-state index contributed by atoms with van der Waals surface area (Å²) in [6.45, 7) is 0.552. The molecule has 0 aliphatic carbocycles. The van der Waals surface area contributed by atoms with E-state index in [2.05, 4.69) is 20.9 Å². The summed E-state index contributed by atoms with van der Waals surface area (Å²) >= 11 is 3.31. The SMILES string of the molecule is CN(Cc1cccc(F)c1)c1ncc(Br)cc1N. The van der Waals surface area contributed by atoms with Gasteiger partial charge in [-0.1, -0.05) is 12.1 Å². The van der Waals surface area contributed by atoms with Crippen LogP contribution in [0, 0.1) is 5.82 Å². The van der Waals surface area contributed by atoms with E-state index in [1.807, 2.05) is 18.0 Å². The number of aromatic nitrogens is 1. The summed E-state index contributed by atoms with van der Waals surface area (Å²) in [5.74, 6) is 0.445. The lowest BCUT2D eigenvalue weighted by molar-refractivity contribution is 0.625. The van der Waals surface area contributed by atoms with Gasteiger partial charge in [0, 0.05) is 24.3 Å². The highest BCUT2D eigenvalue weighted by Crippen LogP contribution is 2.23. The van der Waals surface area contributed by atoms with E-state index in [0.29, 0.717) is 18.1 Å². The molecule has 0 saturated carbocycles. The van der Waals surface area contributed by atoms with Crippen LogP contribution in [0.25, 0.3) is 0 Å². The summed E-state index contributed by atoms with van der Waals surface area (Å²) in [6.07, 6.45) is 1.69. The van der Waals surface area contributed by atoms with E-state index in [1.165, 1.54) is 12.1 Å². The molecular formula is C13H13BrFN3. The Balaban J connectivity index is 2.19. The number of nitrogen functional groups attached to an aromatic ring is 1. The Bertz CT molecular complexity index is 560. The van der Waals surface area contributed by atoms with Crippen molar-refractivity contribution in [2.24, 2.45) is 0 Å². The highest BCUT2D eigenvalue weighted by atomic mass is 79.9. The van der Waals surface area contributed by atoms with Crippen LogP contribution in [0.15, 0.2) is 41.0 Å². The molecule has 0 aliphatic rings. The maximum absolute atomic E-state index is 13.1. The van der Waals surface area contributed by atoms with Crippen LogP contribution >= 0.6 is 15.9 Å². The van der Waals surface area contributed by atoms with Gasteiger partial charge in [0.05, 0.1) is 5.69 Å². The number of nitrogens with two attached hydrogens (primary N) is 1. The number of hydrogen-bond acceptors (Lipinski definition) is 3. The van der Waals surface area contributed by atoms with Gasteiger partial charge < -0.3 is 10.6 Å². The van der Waals surface area contributed by atoms with Crippen LogP contribution in [-0.2, 0) is 6.54 Å². The number of anilines is 2. The molecule has 2 N–H and O–H groups in total. The highest BCUT2D eigenvalue weighted by Gasteiger charge is 2.08. The number of nitrogens with zero attached hydrogens (tertiary/aromatic N) is 2. The fourth-order valence-electron chi connectivity index (χ4n) is 1.75. The van der Waals surface area contributed by atoms with E-state index in [1.54, 1.807) is 18.3 Å². The van der Waals surface area contributed by atoms with Crippen molar-refractivity contribution in [3.63, 3.8) is 0 Å². The first-order valence-electron chi connectivity index (χ1n) is 5.43. The van der Waals surface area contributed by atoms with Crippen LogP contribution in [-0.4, -0.2) is 12.0 Å². The quantitative estimate of drug-likeness (QED) is 0.946. The van der Waals surface area contributed by atoms with E-state index in [9.17, 15) is 4.39 Å². The zero-order valence-corrected chi connectivity index (χ0v) is 11.5. The van der Waals surface area contributed by atoms with Crippen LogP contribution < -0.4 is 10.6 Å². The van der Waals surface area contributed by atoms with E-state index in [4.69, 9.17) is 5.73 Å². The molecule has 1 aromatic carbocycles. The Labute approximate surface area is 114 Å². The van der Waals surface area contributed by atoms with Crippen LogP contribution in [0.3, 0.4) is 0 Å². The number of pyridine rings is 1. The molecule has 2 aromatic rings. The van der Waals surface area contributed by atoms with E-state index in [0.717, 1.165) is 10.0 Å². The molecule has 5 heteroatoms. The van der Waals surface area contributed by atoms with Crippen molar-refractivity contribution in [2.45, 2.75) is 6.54 Å². The van der Waals surface area contributed by atoms with Gasteiger partial charge in [0.1, 0.15) is 5.82 Å². The minimum atomic E-state index is -0.238. The van der Waals surface area contributed by atoms with Crippen LogP contribution in [0.1, 0.15) is 5.56 Å². The zero-order chi connectivity index (χ0) is 13.1. The fraction of sp³-hybridized carbons (Fsp3) is 0.154. The molecule has 1 aromatic heterocycles. The first-order valence-corrected chi connectivity index (χ1v) is 6.22. The third-order valence-corrected chi connectivity index (χ3v) is 2.97. The second kappa shape index (κ2) is 5.35. The van der Waals surface area contributed by atoms with Crippen molar-refractivity contribution in [2.75, 3.05) is 17.7 Å². The average molecular weight is 310 g/mol. The van der Waals surface area contributed by atoms with Gasteiger partial charge in [0.15, 0.2) is 5.82 Å². The van der Waals surface area contributed by atoms with Gasteiger partial charge in [-0.25, -0.2) is 9.37 Å². The van der Waals surface area contributed by atoms with E-state index < -0.39 is 0 Å². The Morgan fingerprint density at radius 1 is 1.39 bits per heavy atom. The smallest absolute Gasteiger partial charge is 0.151 e. The monoisotopic (exact) mass is 309 g/mol. The predicted molar refractivity (Wildman–Crippen MR) is 74.9 cm³/mol. The molecule has 2 rings (SSSR count). The van der Waals surface area contributed by atoms with Gasteiger partial charge in [0.2, 0.25) is 0 Å². The van der Waals surface area contributed by atoms with Crippen molar-refractivity contribution in [3.05, 3.63) is 52.4 Å². The third kappa shape index (κ3) is 2.98.